The van der Waals surface area contributed by atoms with Crippen LogP contribution in [0.2, 0.25) is 0 Å². The number of nitrogens with zero attached hydrogens (tertiary/aromatic N) is 1. The summed E-state index contributed by atoms with van der Waals surface area (Å²) in [4.78, 5) is 25.8. The van der Waals surface area contributed by atoms with Gasteiger partial charge in [0.25, 0.3) is 0 Å². The van der Waals surface area contributed by atoms with Crippen molar-refractivity contribution in [3.8, 4) is 0 Å². The minimum absolute atomic E-state index is 0.146. The summed E-state index contributed by atoms with van der Waals surface area (Å²) < 4.78 is 10.5. The molecule has 4 atom stereocenters. The second kappa shape index (κ2) is 5.72. The maximum Gasteiger partial charge on any atom is 0.410 e. The zero-order chi connectivity index (χ0) is 15.9. The van der Waals surface area contributed by atoms with Crippen LogP contribution in [0.15, 0.2) is 0 Å². The number of carbonyl (C=O) groups excluding carboxylic acids is 2. The van der Waals surface area contributed by atoms with Crippen LogP contribution in [0.1, 0.15) is 46.5 Å². The molecule has 3 aliphatic rings. The summed E-state index contributed by atoms with van der Waals surface area (Å²) in [6.45, 7) is 6.96. The quantitative estimate of drug-likeness (QED) is 0.803. The summed E-state index contributed by atoms with van der Waals surface area (Å²) in [6.07, 6.45) is 3.65. The molecule has 6 nitrogen and oxygen atoms in total. The molecule has 124 valence electrons. The molecule has 0 radical (unpaired) electrons. The van der Waals surface area contributed by atoms with E-state index < -0.39 is 5.60 Å². The Balaban J connectivity index is 1.56. The molecule has 3 rings (SSSR count). The third-order valence-corrected chi connectivity index (χ3v) is 4.83. The largest absolute Gasteiger partial charge is 0.464 e. The molecule has 0 aromatic carbocycles. The van der Waals surface area contributed by atoms with Crippen molar-refractivity contribution < 1.29 is 19.1 Å². The van der Waals surface area contributed by atoms with Crippen molar-refractivity contribution in [1.82, 2.24) is 10.2 Å². The van der Waals surface area contributed by atoms with Crippen LogP contribution in [0.3, 0.4) is 0 Å². The maximum absolute atomic E-state index is 12.4. The Labute approximate surface area is 131 Å². The second-order valence-corrected chi connectivity index (χ2v) is 7.60. The first-order chi connectivity index (χ1) is 10.3. The molecule has 0 saturated carbocycles. The highest BCUT2D eigenvalue weighted by Crippen LogP contribution is 2.42. The van der Waals surface area contributed by atoms with Gasteiger partial charge in [-0.2, -0.15) is 0 Å². The van der Waals surface area contributed by atoms with E-state index in [1.54, 1.807) is 0 Å². The lowest BCUT2D eigenvalue weighted by molar-refractivity contribution is -0.139. The summed E-state index contributed by atoms with van der Waals surface area (Å²) >= 11 is 0. The lowest BCUT2D eigenvalue weighted by Crippen LogP contribution is -2.43. The summed E-state index contributed by atoms with van der Waals surface area (Å²) in [5, 5.41) is 3.31. The van der Waals surface area contributed by atoms with Crippen LogP contribution >= 0.6 is 0 Å². The number of hydrogen-bond donors (Lipinski definition) is 1. The van der Waals surface area contributed by atoms with Gasteiger partial charge in [0, 0.05) is 25.0 Å². The fourth-order valence-corrected chi connectivity index (χ4v) is 3.91. The molecule has 4 unspecified atom stereocenters. The van der Waals surface area contributed by atoms with Gasteiger partial charge in [0.15, 0.2) is 0 Å². The summed E-state index contributed by atoms with van der Waals surface area (Å²) in [5.74, 6) is 0.256. The van der Waals surface area contributed by atoms with Gasteiger partial charge in [-0.25, -0.2) is 4.79 Å². The molecule has 3 aliphatic heterocycles. The predicted molar refractivity (Wildman–Crippen MR) is 80.4 cm³/mol. The summed E-state index contributed by atoms with van der Waals surface area (Å²) in [6, 6.07) is 0.362. The Morgan fingerprint density at radius 1 is 1.36 bits per heavy atom. The van der Waals surface area contributed by atoms with Crippen molar-refractivity contribution in [2.75, 3.05) is 13.2 Å². The highest BCUT2D eigenvalue weighted by atomic mass is 16.6. The molecule has 3 saturated heterocycles. The average molecular weight is 310 g/mol. The molecule has 1 N–H and O–H groups in total. The Bertz CT molecular complexity index is 460. The number of ether oxygens (including phenoxy) is 2. The molecule has 0 aromatic rings. The number of rotatable bonds is 3. The van der Waals surface area contributed by atoms with Gasteiger partial charge in [-0.05, 0) is 46.0 Å². The van der Waals surface area contributed by atoms with E-state index in [9.17, 15) is 9.59 Å². The minimum atomic E-state index is -0.458. The predicted octanol–water partition coefficient (Wildman–Crippen LogP) is 1.68. The van der Waals surface area contributed by atoms with Gasteiger partial charge in [-0.1, -0.05) is 0 Å². The van der Waals surface area contributed by atoms with Crippen molar-refractivity contribution in [3.05, 3.63) is 0 Å². The van der Waals surface area contributed by atoms with E-state index in [-0.39, 0.29) is 24.1 Å². The van der Waals surface area contributed by atoms with Gasteiger partial charge in [-0.3, -0.25) is 4.79 Å². The van der Waals surface area contributed by atoms with Crippen LogP contribution < -0.4 is 5.32 Å². The number of fused-ring (bicyclic) bond motifs is 2. The average Bonchev–Trinajstić information content (AvgIpc) is 3.08. The van der Waals surface area contributed by atoms with Crippen molar-refractivity contribution in [1.29, 1.82) is 0 Å². The molecule has 22 heavy (non-hydrogen) atoms. The van der Waals surface area contributed by atoms with Crippen molar-refractivity contribution in [2.45, 2.75) is 70.2 Å². The molecule has 0 aliphatic carbocycles. The number of cyclic esters (lactones) is 1. The SMILES string of the molecule is CC(C)(C)OC(=O)N1C2CCC1C(CNC1CCOC1=O)C2. The molecule has 3 heterocycles. The van der Waals surface area contributed by atoms with Crippen LogP contribution in [-0.4, -0.2) is 53.8 Å². The van der Waals surface area contributed by atoms with Crippen LogP contribution in [0, 0.1) is 5.92 Å². The zero-order valence-corrected chi connectivity index (χ0v) is 13.6. The van der Waals surface area contributed by atoms with E-state index in [0.717, 1.165) is 32.2 Å². The Hall–Kier alpha value is -1.30. The van der Waals surface area contributed by atoms with Gasteiger partial charge >= 0.3 is 12.1 Å². The number of esters is 1. The van der Waals surface area contributed by atoms with E-state index in [1.807, 2.05) is 25.7 Å². The first-order valence-electron chi connectivity index (χ1n) is 8.26. The molecule has 3 fully saturated rings. The minimum Gasteiger partial charge on any atom is -0.464 e. The summed E-state index contributed by atoms with van der Waals surface area (Å²) in [7, 11) is 0. The Morgan fingerprint density at radius 3 is 2.77 bits per heavy atom. The molecular weight excluding hydrogens is 284 g/mol. The number of amides is 1. The number of carbonyl (C=O) groups is 2. The molecule has 1 amide bonds. The fourth-order valence-electron chi connectivity index (χ4n) is 3.91. The molecule has 0 spiro atoms. The lowest BCUT2D eigenvalue weighted by atomic mass is 9.89. The van der Waals surface area contributed by atoms with Crippen LogP contribution in [0.5, 0.6) is 0 Å². The van der Waals surface area contributed by atoms with Gasteiger partial charge in [0.1, 0.15) is 11.6 Å². The van der Waals surface area contributed by atoms with E-state index in [4.69, 9.17) is 9.47 Å². The van der Waals surface area contributed by atoms with Crippen LogP contribution in [0.25, 0.3) is 0 Å². The lowest BCUT2D eigenvalue weighted by Gasteiger charge is -2.28. The Morgan fingerprint density at radius 2 is 2.14 bits per heavy atom. The first kappa shape index (κ1) is 15.6. The highest BCUT2D eigenvalue weighted by Gasteiger charge is 2.49. The standard InChI is InChI=1S/C16H26N2O4/c1-16(2,3)22-15(20)18-11-4-5-13(18)10(8-11)9-17-12-6-7-21-14(12)19/h10-13,17H,4-9H2,1-3H3. The van der Waals surface area contributed by atoms with E-state index in [1.165, 1.54) is 0 Å². The monoisotopic (exact) mass is 310 g/mol. The normalized spacial score (nSPS) is 34.1. The smallest absolute Gasteiger partial charge is 0.410 e. The van der Waals surface area contributed by atoms with E-state index >= 15 is 0 Å². The van der Waals surface area contributed by atoms with Gasteiger partial charge in [0.2, 0.25) is 0 Å². The Kier molecular flexibility index (Phi) is 4.05. The topological polar surface area (TPSA) is 67.9 Å². The van der Waals surface area contributed by atoms with Gasteiger partial charge in [0.05, 0.1) is 6.61 Å². The van der Waals surface area contributed by atoms with Crippen molar-refractivity contribution in [2.24, 2.45) is 5.92 Å². The second-order valence-electron chi connectivity index (χ2n) is 7.60. The fraction of sp³-hybridized carbons (Fsp3) is 0.875. The van der Waals surface area contributed by atoms with Crippen molar-refractivity contribution >= 4 is 12.1 Å². The molecular formula is C16H26N2O4. The van der Waals surface area contributed by atoms with Crippen LogP contribution in [-0.2, 0) is 14.3 Å². The summed E-state index contributed by atoms with van der Waals surface area (Å²) in [5.41, 5.74) is -0.458. The van der Waals surface area contributed by atoms with Crippen LogP contribution in [0.4, 0.5) is 4.79 Å². The van der Waals surface area contributed by atoms with Crippen molar-refractivity contribution in [3.63, 3.8) is 0 Å². The zero-order valence-electron chi connectivity index (χ0n) is 13.6. The highest BCUT2D eigenvalue weighted by molar-refractivity contribution is 5.77. The number of nitrogens with one attached hydrogen (secondary N) is 1. The molecule has 0 aromatic heterocycles. The maximum atomic E-state index is 12.4. The number of hydrogen-bond acceptors (Lipinski definition) is 5. The third-order valence-electron chi connectivity index (χ3n) is 4.83. The third kappa shape index (κ3) is 3.07. The molecule has 6 heteroatoms. The van der Waals surface area contributed by atoms with E-state index in [0.29, 0.717) is 18.6 Å². The van der Waals surface area contributed by atoms with Gasteiger partial charge in [-0.15, -0.1) is 0 Å². The van der Waals surface area contributed by atoms with E-state index in [2.05, 4.69) is 5.32 Å². The molecule has 2 bridgehead atoms. The van der Waals surface area contributed by atoms with Gasteiger partial charge < -0.3 is 19.7 Å². The first-order valence-corrected chi connectivity index (χ1v) is 8.26.